The van der Waals surface area contributed by atoms with E-state index in [9.17, 15) is 0 Å². The maximum atomic E-state index is 6.36. The van der Waals surface area contributed by atoms with Crippen molar-refractivity contribution in [3.05, 3.63) is 60.0 Å². The summed E-state index contributed by atoms with van der Waals surface area (Å²) in [5.74, 6) is 2.22. The Balaban J connectivity index is 1.98. The van der Waals surface area contributed by atoms with Gasteiger partial charge in [0.05, 0.1) is 19.6 Å². The maximum Gasteiger partial charge on any atom is 0.231 e. The van der Waals surface area contributed by atoms with Gasteiger partial charge in [-0.15, -0.1) is 0 Å². The van der Waals surface area contributed by atoms with Crippen LogP contribution in [-0.4, -0.2) is 24.2 Å². The second kappa shape index (κ2) is 6.69. The van der Waals surface area contributed by atoms with E-state index in [1.807, 2.05) is 48.5 Å². The molecule has 2 aromatic carbocycles. The number of furan rings is 1. The molecule has 0 aliphatic carbocycles. The van der Waals surface area contributed by atoms with Gasteiger partial charge in [0.2, 0.25) is 5.71 Å². The highest BCUT2D eigenvalue weighted by Gasteiger charge is 2.21. The number of halogens is 1. The zero-order valence-corrected chi connectivity index (χ0v) is 14.9. The first-order valence-electron chi connectivity index (χ1n) is 7.93. The van der Waals surface area contributed by atoms with Crippen molar-refractivity contribution in [2.75, 3.05) is 14.2 Å². The summed E-state index contributed by atoms with van der Waals surface area (Å²) in [5.41, 5.74) is 3.12. The number of hydrogen-bond acceptors (Lipinski definition) is 5. The van der Waals surface area contributed by atoms with Crippen LogP contribution in [0.4, 0.5) is 0 Å². The molecule has 2 heterocycles. The highest BCUT2D eigenvalue weighted by Crippen LogP contribution is 2.42. The molecule has 0 N–H and O–H groups in total. The Hall–Kier alpha value is -3.05. The van der Waals surface area contributed by atoms with Gasteiger partial charge in [-0.05, 0) is 42.0 Å². The molecule has 0 spiro atoms. The molecule has 4 aromatic rings. The number of methoxy groups -OCH3 is 2. The summed E-state index contributed by atoms with van der Waals surface area (Å²) in [5, 5.41) is 1.04. The Bertz CT molecular complexity index is 1060. The van der Waals surface area contributed by atoms with E-state index in [1.165, 1.54) is 6.33 Å². The molecule has 130 valence electrons. The summed E-state index contributed by atoms with van der Waals surface area (Å²) < 4.78 is 16.5. The molecule has 0 aliphatic heterocycles. The molecule has 5 nitrogen and oxygen atoms in total. The van der Waals surface area contributed by atoms with Crippen LogP contribution in [0, 0.1) is 0 Å². The molecule has 0 fully saturated rings. The number of aromatic nitrogens is 2. The van der Waals surface area contributed by atoms with Crippen molar-refractivity contribution in [1.82, 2.24) is 9.97 Å². The van der Waals surface area contributed by atoms with Crippen LogP contribution in [-0.2, 0) is 0 Å². The Morgan fingerprint density at radius 2 is 1.38 bits per heavy atom. The quantitative estimate of drug-likeness (QED) is 0.463. The molecule has 0 radical (unpaired) electrons. The molecule has 0 atom stereocenters. The van der Waals surface area contributed by atoms with E-state index in [0.717, 1.165) is 28.2 Å². The van der Waals surface area contributed by atoms with E-state index in [4.69, 9.17) is 25.5 Å². The molecular formula is C20H15ClN2O3. The van der Waals surface area contributed by atoms with Gasteiger partial charge < -0.3 is 13.9 Å². The van der Waals surface area contributed by atoms with Crippen LogP contribution < -0.4 is 9.47 Å². The lowest BCUT2D eigenvalue weighted by Crippen LogP contribution is -1.86. The van der Waals surface area contributed by atoms with E-state index in [-0.39, 0.29) is 0 Å². The summed E-state index contributed by atoms with van der Waals surface area (Å²) in [6.07, 6.45) is 1.39. The number of rotatable bonds is 4. The third kappa shape index (κ3) is 2.76. The summed E-state index contributed by atoms with van der Waals surface area (Å²) >= 11 is 6.36. The second-order valence-corrected chi connectivity index (χ2v) is 5.97. The largest absolute Gasteiger partial charge is 0.497 e. The highest BCUT2D eigenvalue weighted by atomic mass is 35.5. The van der Waals surface area contributed by atoms with E-state index in [0.29, 0.717) is 22.0 Å². The SMILES string of the molecule is COc1ccc(-c2oc3ncnc(Cl)c3c2-c2ccc(OC)cc2)cc1. The summed E-state index contributed by atoms with van der Waals surface area (Å²) in [4.78, 5) is 8.34. The second-order valence-electron chi connectivity index (χ2n) is 5.61. The highest BCUT2D eigenvalue weighted by molar-refractivity contribution is 6.35. The number of fused-ring (bicyclic) bond motifs is 1. The Morgan fingerprint density at radius 1 is 0.808 bits per heavy atom. The van der Waals surface area contributed by atoms with Crippen LogP contribution in [0.3, 0.4) is 0 Å². The van der Waals surface area contributed by atoms with Gasteiger partial charge >= 0.3 is 0 Å². The molecule has 2 aromatic heterocycles. The Labute approximate surface area is 155 Å². The van der Waals surface area contributed by atoms with Gasteiger partial charge in [-0.1, -0.05) is 23.7 Å². The number of benzene rings is 2. The zero-order valence-electron chi connectivity index (χ0n) is 14.2. The van der Waals surface area contributed by atoms with Crippen LogP contribution in [0.2, 0.25) is 5.15 Å². The maximum absolute atomic E-state index is 6.36. The van der Waals surface area contributed by atoms with Crippen molar-refractivity contribution < 1.29 is 13.9 Å². The molecular weight excluding hydrogens is 352 g/mol. The molecule has 0 amide bonds. The first kappa shape index (κ1) is 16.4. The van der Waals surface area contributed by atoms with Gasteiger partial charge in [-0.2, -0.15) is 0 Å². The monoisotopic (exact) mass is 366 g/mol. The van der Waals surface area contributed by atoms with Crippen LogP contribution in [0.25, 0.3) is 33.6 Å². The standard InChI is InChI=1S/C20H15ClN2O3/c1-24-14-7-3-12(4-8-14)16-17-19(21)22-11-23-20(17)26-18(16)13-5-9-15(25-2)10-6-13/h3-11H,1-2H3. The lowest BCUT2D eigenvalue weighted by Gasteiger charge is -2.06. The lowest BCUT2D eigenvalue weighted by molar-refractivity contribution is 0.414. The van der Waals surface area contributed by atoms with E-state index in [2.05, 4.69) is 9.97 Å². The van der Waals surface area contributed by atoms with E-state index < -0.39 is 0 Å². The Kier molecular flexibility index (Phi) is 4.22. The molecule has 0 aliphatic rings. The van der Waals surface area contributed by atoms with Gasteiger partial charge in [0.15, 0.2) is 0 Å². The first-order chi connectivity index (χ1) is 12.7. The van der Waals surface area contributed by atoms with Gasteiger partial charge in [0.1, 0.15) is 28.7 Å². The number of hydrogen-bond donors (Lipinski definition) is 0. The molecule has 6 heteroatoms. The predicted molar refractivity (Wildman–Crippen MR) is 101 cm³/mol. The fourth-order valence-electron chi connectivity index (χ4n) is 2.88. The number of nitrogens with zero attached hydrogens (tertiary/aromatic N) is 2. The molecule has 4 rings (SSSR count). The Morgan fingerprint density at radius 3 is 1.96 bits per heavy atom. The van der Waals surface area contributed by atoms with Gasteiger partial charge in [0.25, 0.3) is 0 Å². The zero-order chi connectivity index (χ0) is 18.1. The molecule has 0 bridgehead atoms. The first-order valence-corrected chi connectivity index (χ1v) is 8.31. The lowest BCUT2D eigenvalue weighted by atomic mass is 9.99. The van der Waals surface area contributed by atoms with Gasteiger partial charge in [-0.3, -0.25) is 0 Å². The third-order valence-electron chi connectivity index (χ3n) is 4.17. The van der Waals surface area contributed by atoms with Crippen LogP contribution in [0.5, 0.6) is 11.5 Å². The van der Waals surface area contributed by atoms with E-state index in [1.54, 1.807) is 14.2 Å². The minimum atomic E-state index is 0.351. The summed E-state index contributed by atoms with van der Waals surface area (Å²) in [6, 6.07) is 15.3. The normalized spacial score (nSPS) is 10.9. The summed E-state index contributed by atoms with van der Waals surface area (Å²) in [7, 11) is 3.27. The smallest absolute Gasteiger partial charge is 0.231 e. The van der Waals surface area contributed by atoms with E-state index >= 15 is 0 Å². The molecule has 0 saturated heterocycles. The summed E-state index contributed by atoms with van der Waals surface area (Å²) in [6.45, 7) is 0. The van der Waals surface area contributed by atoms with Crippen molar-refractivity contribution in [2.24, 2.45) is 0 Å². The minimum absolute atomic E-state index is 0.351. The average Bonchev–Trinajstić information content (AvgIpc) is 3.09. The van der Waals surface area contributed by atoms with Crippen LogP contribution >= 0.6 is 11.6 Å². The molecule has 26 heavy (non-hydrogen) atoms. The predicted octanol–water partition coefficient (Wildman–Crippen LogP) is 5.23. The average molecular weight is 367 g/mol. The fraction of sp³-hybridized carbons (Fsp3) is 0.100. The van der Waals surface area contributed by atoms with Crippen molar-refractivity contribution in [3.63, 3.8) is 0 Å². The van der Waals surface area contributed by atoms with Crippen LogP contribution in [0.15, 0.2) is 59.3 Å². The fourth-order valence-corrected chi connectivity index (χ4v) is 3.10. The van der Waals surface area contributed by atoms with Gasteiger partial charge in [-0.25, -0.2) is 9.97 Å². The topological polar surface area (TPSA) is 57.4 Å². The molecule has 0 saturated carbocycles. The van der Waals surface area contributed by atoms with Crippen molar-refractivity contribution >= 4 is 22.7 Å². The van der Waals surface area contributed by atoms with Crippen molar-refractivity contribution in [1.29, 1.82) is 0 Å². The van der Waals surface area contributed by atoms with Crippen molar-refractivity contribution in [3.8, 4) is 33.9 Å². The third-order valence-corrected chi connectivity index (χ3v) is 4.46. The molecule has 0 unspecified atom stereocenters. The van der Waals surface area contributed by atoms with Crippen molar-refractivity contribution in [2.45, 2.75) is 0 Å². The minimum Gasteiger partial charge on any atom is -0.497 e. The number of ether oxygens (including phenoxy) is 2. The van der Waals surface area contributed by atoms with Crippen LogP contribution in [0.1, 0.15) is 0 Å². The van der Waals surface area contributed by atoms with Gasteiger partial charge in [0, 0.05) is 11.1 Å².